The van der Waals surface area contributed by atoms with Crippen molar-refractivity contribution in [2.75, 3.05) is 0 Å². The Bertz CT molecular complexity index is 86.2. The van der Waals surface area contributed by atoms with E-state index in [0.29, 0.717) is 12.2 Å². The van der Waals surface area contributed by atoms with Crippen molar-refractivity contribution in [2.45, 2.75) is 26.1 Å². The zero-order chi connectivity index (χ0) is 5.28. The van der Waals surface area contributed by atoms with E-state index in [1.807, 2.05) is 13.0 Å². The molecule has 1 fully saturated rings. The van der Waals surface area contributed by atoms with Crippen molar-refractivity contribution in [2.24, 2.45) is 0 Å². The Balaban J connectivity index is 2.21. The van der Waals surface area contributed by atoms with Gasteiger partial charge in [0, 0.05) is 0 Å². The molecule has 1 nitrogen and oxygen atoms in total. The Labute approximate surface area is 44.0 Å². The summed E-state index contributed by atoms with van der Waals surface area (Å²) < 4.78 is 5.07. The standard InChI is InChI=1S/C6H10O/c1-3-4-6-5(2)7-6/h3-6H,1-2H3/b4-3+/t5-,6+/m1/s1. The molecule has 1 heteroatoms. The third-order valence-electron chi connectivity index (χ3n) is 1.14. The lowest BCUT2D eigenvalue weighted by Gasteiger charge is -1.69. The van der Waals surface area contributed by atoms with Crippen LogP contribution in [0.2, 0.25) is 0 Å². The van der Waals surface area contributed by atoms with E-state index in [9.17, 15) is 0 Å². The minimum absolute atomic E-state index is 0.435. The monoisotopic (exact) mass is 98.1 g/mol. The van der Waals surface area contributed by atoms with E-state index in [0.717, 1.165) is 0 Å². The van der Waals surface area contributed by atoms with Crippen molar-refractivity contribution in [1.29, 1.82) is 0 Å². The van der Waals surface area contributed by atoms with E-state index >= 15 is 0 Å². The molecule has 1 aliphatic heterocycles. The van der Waals surface area contributed by atoms with Crippen LogP contribution in [0.3, 0.4) is 0 Å². The second-order valence-corrected chi connectivity index (χ2v) is 1.83. The molecule has 0 amide bonds. The fourth-order valence-electron chi connectivity index (χ4n) is 0.594. The normalized spacial score (nSPS) is 39.7. The third-order valence-corrected chi connectivity index (χ3v) is 1.14. The number of ether oxygens (including phenoxy) is 1. The lowest BCUT2D eigenvalue weighted by atomic mass is 10.3. The van der Waals surface area contributed by atoms with E-state index in [1.54, 1.807) is 0 Å². The average Bonchev–Trinajstić information content (AvgIpc) is 2.22. The van der Waals surface area contributed by atoms with E-state index in [2.05, 4.69) is 13.0 Å². The zero-order valence-corrected chi connectivity index (χ0v) is 4.72. The first-order valence-corrected chi connectivity index (χ1v) is 2.63. The summed E-state index contributed by atoms with van der Waals surface area (Å²) in [6.07, 6.45) is 5.01. The first-order valence-electron chi connectivity index (χ1n) is 2.63. The predicted molar refractivity (Wildman–Crippen MR) is 29.1 cm³/mol. The predicted octanol–water partition coefficient (Wildman–Crippen LogP) is 1.35. The molecule has 0 aromatic heterocycles. The number of epoxide rings is 1. The number of hydrogen-bond acceptors (Lipinski definition) is 1. The zero-order valence-electron chi connectivity index (χ0n) is 4.72. The van der Waals surface area contributed by atoms with Gasteiger partial charge in [0.05, 0.1) is 6.10 Å². The van der Waals surface area contributed by atoms with Gasteiger partial charge in [0.25, 0.3) is 0 Å². The van der Waals surface area contributed by atoms with Gasteiger partial charge in [-0.15, -0.1) is 0 Å². The molecule has 0 aromatic carbocycles. The van der Waals surface area contributed by atoms with Gasteiger partial charge in [-0.1, -0.05) is 12.2 Å². The van der Waals surface area contributed by atoms with Crippen molar-refractivity contribution in [3.63, 3.8) is 0 Å². The van der Waals surface area contributed by atoms with E-state index in [-0.39, 0.29) is 0 Å². The van der Waals surface area contributed by atoms with Gasteiger partial charge in [-0.25, -0.2) is 0 Å². The number of rotatable bonds is 1. The SMILES string of the molecule is C/C=C/[C@@H]1O[C@@H]1C. The molecular weight excluding hydrogens is 88.1 g/mol. The van der Waals surface area contributed by atoms with Gasteiger partial charge >= 0.3 is 0 Å². The topological polar surface area (TPSA) is 12.5 Å². The highest BCUT2D eigenvalue weighted by molar-refractivity contribution is 4.98. The van der Waals surface area contributed by atoms with Crippen LogP contribution in [-0.2, 0) is 4.74 Å². The minimum Gasteiger partial charge on any atom is -0.365 e. The summed E-state index contributed by atoms with van der Waals surface area (Å²) in [5.41, 5.74) is 0. The molecule has 0 unspecified atom stereocenters. The van der Waals surface area contributed by atoms with Gasteiger partial charge in [-0.3, -0.25) is 0 Å². The lowest BCUT2D eigenvalue weighted by molar-refractivity contribution is 0.400. The molecule has 40 valence electrons. The summed E-state index contributed by atoms with van der Waals surface area (Å²) in [6.45, 7) is 4.08. The molecule has 1 rings (SSSR count). The molecular formula is C6H10O. The Morgan fingerprint density at radius 2 is 2.14 bits per heavy atom. The Morgan fingerprint density at radius 1 is 1.57 bits per heavy atom. The van der Waals surface area contributed by atoms with Crippen molar-refractivity contribution in [1.82, 2.24) is 0 Å². The smallest absolute Gasteiger partial charge is 0.102 e. The summed E-state index contributed by atoms with van der Waals surface area (Å²) in [7, 11) is 0. The highest BCUT2D eigenvalue weighted by atomic mass is 16.6. The van der Waals surface area contributed by atoms with Crippen LogP contribution in [0.5, 0.6) is 0 Å². The van der Waals surface area contributed by atoms with E-state index < -0.39 is 0 Å². The maximum Gasteiger partial charge on any atom is 0.102 e. The minimum atomic E-state index is 0.435. The molecule has 0 saturated carbocycles. The molecule has 0 spiro atoms. The highest BCUT2D eigenvalue weighted by Gasteiger charge is 2.30. The van der Waals surface area contributed by atoms with Gasteiger partial charge in [0.1, 0.15) is 6.10 Å². The first kappa shape index (κ1) is 4.85. The molecule has 1 heterocycles. The fourth-order valence-corrected chi connectivity index (χ4v) is 0.594. The summed E-state index contributed by atoms with van der Waals surface area (Å²) in [4.78, 5) is 0. The highest BCUT2D eigenvalue weighted by Crippen LogP contribution is 2.21. The summed E-state index contributed by atoms with van der Waals surface area (Å²) in [5, 5.41) is 0. The molecule has 0 radical (unpaired) electrons. The van der Waals surface area contributed by atoms with Gasteiger partial charge in [-0.2, -0.15) is 0 Å². The molecule has 0 aliphatic carbocycles. The molecule has 2 atom stereocenters. The van der Waals surface area contributed by atoms with Gasteiger partial charge in [0.15, 0.2) is 0 Å². The largest absolute Gasteiger partial charge is 0.365 e. The Morgan fingerprint density at radius 3 is 2.29 bits per heavy atom. The van der Waals surface area contributed by atoms with Crippen molar-refractivity contribution in [3.8, 4) is 0 Å². The molecule has 0 N–H and O–H groups in total. The fraction of sp³-hybridized carbons (Fsp3) is 0.667. The molecule has 1 aliphatic rings. The molecule has 0 aromatic rings. The number of hydrogen-bond donors (Lipinski definition) is 0. The van der Waals surface area contributed by atoms with Crippen LogP contribution >= 0.6 is 0 Å². The summed E-state index contributed by atoms with van der Waals surface area (Å²) in [5.74, 6) is 0. The second-order valence-electron chi connectivity index (χ2n) is 1.83. The van der Waals surface area contributed by atoms with Crippen molar-refractivity contribution < 1.29 is 4.74 Å². The maximum absolute atomic E-state index is 5.07. The number of allylic oxidation sites excluding steroid dienone is 1. The molecule has 0 bridgehead atoms. The van der Waals surface area contributed by atoms with Crippen LogP contribution in [0.1, 0.15) is 13.8 Å². The van der Waals surface area contributed by atoms with Crippen LogP contribution in [0.15, 0.2) is 12.2 Å². The van der Waals surface area contributed by atoms with Crippen molar-refractivity contribution in [3.05, 3.63) is 12.2 Å². The quantitative estimate of drug-likeness (QED) is 0.356. The van der Waals surface area contributed by atoms with Crippen LogP contribution in [0, 0.1) is 0 Å². The van der Waals surface area contributed by atoms with E-state index in [1.165, 1.54) is 0 Å². The third kappa shape index (κ3) is 1.03. The van der Waals surface area contributed by atoms with Gasteiger partial charge in [0.2, 0.25) is 0 Å². The van der Waals surface area contributed by atoms with Gasteiger partial charge < -0.3 is 4.74 Å². The van der Waals surface area contributed by atoms with Crippen LogP contribution in [-0.4, -0.2) is 12.2 Å². The van der Waals surface area contributed by atoms with Crippen LogP contribution in [0.4, 0.5) is 0 Å². The second kappa shape index (κ2) is 1.66. The summed E-state index contributed by atoms with van der Waals surface area (Å²) in [6, 6.07) is 0. The van der Waals surface area contributed by atoms with Crippen LogP contribution in [0.25, 0.3) is 0 Å². The van der Waals surface area contributed by atoms with Crippen LogP contribution < -0.4 is 0 Å². The van der Waals surface area contributed by atoms with Gasteiger partial charge in [-0.05, 0) is 13.8 Å². The summed E-state index contributed by atoms with van der Waals surface area (Å²) >= 11 is 0. The van der Waals surface area contributed by atoms with Crippen molar-refractivity contribution >= 4 is 0 Å². The Kier molecular flexibility index (Phi) is 1.15. The maximum atomic E-state index is 5.07. The molecule has 7 heavy (non-hydrogen) atoms. The lowest BCUT2D eigenvalue weighted by Crippen LogP contribution is -1.78. The van der Waals surface area contributed by atoms with E-state index in [4.69, 9.17) is 4.74 Å². The first-order chi connectivity index (χ1) is 3.34. The average molecular weight is 98.1 g/mol. The Hall–Kier alpha value is -0.300. The molecule has 1 saturated heterocycles.